The summed E-state index contributed by atoms with van der Waals surface area (Å²) in [7, 11) is 1.72. The van der Waals surface area contributed by atoms with E-state index in [1.54, 1.807) is 7.11 Å². The van der Waals surface area contributed by atoms with Gasteiger partial charge in [-0.3, -0.25) is 0 Å². The van der Waals surface area contributed by atoms with E-state index in [9.17, 15) is 0 Å². The fourth-order valence-electron chi connectivity index (χ4n) is 3.46. The van der Waals surface area contributed by atoms with Crippen LogP contribution >= 0.6 is 0 Å². The molecule has 0 heterocycles. The van der Waals surface area contributed by atoms with Crippen molar-refractivity contribution in [2.75, 3.05) is 7.11 Å². The van der Waals surface area contributed by atoms with Gasteiger partial charge in [-0.15, -0.1) is 0 Å². The maximum absolute atomic E-state index is 5.30. The summed E-state index contributed by atoms with van der Waals surface area (Å²) in [4.78, 5) is 0. The van der Waals surface area contributed by atoms with Crippen LogP contribution in [0, 0.1) is 5.92 Å². The average Bonchev–Trinajstić information content (AvgIpc) is 2.59. The van der Waals surface area contributed by atoms with E-state index in [0.29, 0.717) is 0 Å². The van der Waals surface area contributed by atoms with Crippen LogP contribution in [-0.2, 0) is 0 Å². The van der Waals surface area contributed by atoms with Crippen LogP contribution in [0.2, 0.25) is 0 Å². The Balaban J connectivity index is 1.78. The predicted molar refractivity (Wildman–Crippen MR) is 95.3 cm³/mol. The molecule has 1 atom stereocenters. The summed E-state index contributed by atoms with van der Waals surface area (Å²) < 4.78 is 5.30. The monoisotopic (exact) mass is 294 g/mol. The summed E-state index contributed by atoms with van der Waals surface area (Å²) in [6.45, 7) is 2.29. The molecule has 2 aromatic carbocycles. The van der Waals surface area contributed by atoms with Crippen LogP contribution in [0.5, 0.6) is 5.75 Å². The van der Waals surface area contributed by atoms with Crippen LogP contribution in [0.15, 0.2) is 42.5 Å². The second kappa shape index (κ2) is 7.00. The molecule has 0 N–H and O–H groups in total. The lowest BCUT2D eigenvalue weighted by atomic mass is 9.84. The first kappa shape index (κ1) is 15.1. The van der Waals surface area contributed by atoms with Gasteiger partial charge in [0.1, 0.15) is 5.75 Å². The van der Waals surface area contributed by atoms with Crippen molar-refractivity contribution < 1.29 is 4.74 Å². The van der Waals surface area contributed by atoms with Crippen molar-refractivity contribution in [1.82, 2.24) is 0 Å². The van der Waals surface area contributed by atoms with Crippen LogP contribution in [0.3, 0.4) is 0 Å². The van der Waals surface area contributed by atoms with Crippen molar-refractivity contribution in [1.29, 1.82) is 0 Å². The molecule has 1 aliphatic carbocycles. The highest BCUT2D eigenvalue weighted by molar-refractivity contribution is 5.87. The number of hydrogen-bond acceptors (Lipinski definition) is 1. The third kappa shape index (κ3) is 3.35. The van der Waals surface area contributed by atoms with Crippen molar-refractivity contribution in [2.24, 2.45) is 5.92 Å². The molecule has 2 aromatic rings. The second-order valence-electron chi connectivity index (χ2n) is 6.44. The number of ether oxygens (including phenoxy) is 1. The van der Waals surface area contributed by atoms with Crippen LogP contribution in [0.25, 0.3) is 16.3 Å². The van der Waals surface area contributed by atoms with Gasteiger partial charge < -0.3 is 4.74 Å². The molecule has 0 saturated carbocycles. The molecule has 0 aromatic heterocycles. The number of allylic oxidation sites excluding steroid dienone is 2. The molecular weight excluding hydrogens is 268 g/mol. The van der Waals surface area contributed by atoms with Gasteiger partial charge >= 0.3 is 0 Å². The second-order valence-corrected chi connectivity index (χ2v) is 6.44. The molecule has 1 nitrogen and oxygen atoms in total. The van der Waals surface area contributed by atoms with E-state index in [1.807, 2.05) is 6.07 Å². The minimum atomic E-state index is 0.911. The Morgan fingerprint density at radius 1 is 1.09 bits per heavy atom. The number of fused-ring (bicyclic) bond motifs is 1. The lowest BCUT2D eigenvalue weighted by Gasteiger charge is -2.22. The highest BCUT2D eigenvalue weighted by Crippen LogP contribution is 2.34. The average molecular weight is 294 g/mol. The van der Waals surface area contributed by atoms with Crippen molar-refractivity contribution >= 4 is 16.3 Å². The normalized spacial score (nSPS) is 18.3. The summed E-state index contributed by atoms with van der Waals surface area (Å²) >= 11 is 0. The van der Waals surface area contributed by atoms with Gasteiger partial charge in [-0.05, 0) is 65.3 Å². The minimum absolute atomic E-state index is 0.911. The van der Waals surface area contributed by atoms with Crippen molar-refractivity contribution in [3.63, 3.8) is 0 Å². The lowest BCUT2D eigenvalue weighted by molar-refractivity contribution is 0.415. The van der Waals surface area contributed by atoms with Gasteiger partial charge in [0.15, 0.2) is 0 Å². The van der Waals surface area contributed by atoms with Gasteiger partial charge in [-0.25, -0.2) is 0 Å². The zero-order chi connectivity index (χ0) is 15.4. The quantitative estimate of drug-likeness (QED) is 0.636. The van der Waals surface area contributed by atoms with Crippen molar-refractivity contribution in [3.8, 4) is 5.75 Å². The molecule has 3 rings (SSSR count). The molecule has 116 valence electrons. The van der Waals surface area contributed by atoms with E-state index in [0.717, 1.165) is 11.7 Å². The molecule has 0 aliphatic heterocycles. The third-order valence-electron chi connectivity index (χ3n) is 4.90. The van der Waals surface area contributed by atoms with E-state index in [1.165, 1.54) is 60.4 Å². The van der Waals surface area contributed by atoms with Gasteiger partial charge in [0.25, 0.3) is 0 Å². The smallest absolute Gasteiger partial charge is 0.119 e. The summed E-state index contributed by atoms with van der Waals surface area (Å²) in [5.74, 6) is 1.84. The van der Waals surface area contributed by atoms with E-state index in [-0.39, 0.29) is 0 Å². The SMILES string of the molecule is CCCCC1CC=C(c2ccc3cc(OC)ccc3c2)CC1. The topological polar surface area (TPSA) is 9.23 Å². The minimum Gasteiger partial charge on any atom is -0.497 e. The van der Waals surface area contributed by atoms with Crippen LogP contribution in [-0.4, -0.2) is 7.11 Å². The van der Waals surface area contributed by atoms with E-state index in [4.69, 9.17) is 4.74 Å². The molecule has 0 spiro atoms. The van der Waals surface area contributed by atoms with Crippen LogP contribution in [0.4, 0.5) is 0 Å². The number of unbranched alkanes of at least 4 members (excludes halogenated alkanes) is 1. The molecule has 0 amide bonds. The molecule has 1 aliphatic rings. The number of hydrogen-bond donors (Lipinski definition) is 0. The van der Waals surface area contributed by atoms with E-state index >= 15 is 0 Å². The first-order valence-corrected chi connectivity index (χ1v) is 8.57. The zero-order valence-corrected chi connectivity index (χ0v) is 13.8. The van der Waals surface area contributed by atoms with Crippen LogP contribution < -0.4 is 4.74 Å². The first-order chi connectivity index (χ1) is 10.8. The van der Waals surface area contributed by atoms with Gasteiger partial charge in [0.2, 0.25) is 0 Å². The van der Waals surface area contributed by atoms with Gasteiger partial charge in [-0.2, -0.15) is 0 Å². The number of benzene rings is 2. The molecule has 0 saturated heterocycles. The largest absolute Gasteiger partial charge is 0.497 e. The fourth-order valence-corrected chi connectivity index (χ4v) is 3.46. The molecular formula is C21H26O. The number of rotatable bonds is 5. The van der Waals surface area contributed by atoms with Gasteiger partial charge in [0.05, 0.1) is 7.11 Å². The predicted octanol–water partition coefficient (Wildman–Crippen LogP) is 6.22. The fraction of sp³-hybridized carbons (Fsp3) is 0.429. The van der Waals surface area contributed by atoms with Gasteiger partial charge in [-0.1, -0.05) is 50.5 Å². The third-order valence-corrected chi connectivity index (χ3v) is 4.90. The Labute approximate surface area is 134 Å². The zero-order valence-electron chi connectivity index (χ0n) is 13.8. The van der Waals surface area contributed by atoms with E-state index in [2.05, 4.69) is 43.3 Å². The van der Waals surface area contributed by atoms with Crippen molar-refractivity contribution in [2.45, 2.75) is 45.4 Å². The number of methoxy groups -OCH3 is 1. The molecule has 0 fully saturated rings. The highest BCUT2D eigenvalue weighted by Gasteiger charge is 2.15. The summed E-state index contributed by atoms with van der Waals surface area (Å²) in [5, 5.41) is 2.55. The maximum atomic E-state index is 5.30. The Hall–Kier alpha value is -1.76. The molecule has 1 heteroatoms. The van der Waals surface area contributed by atoms with Gasteiger partial charge in [0, 0.05) is 0 Å². The standard InChI is InChI=1S/C21H26O/c1-3-4-5-16-6-8-17(9-7-16)18-10-11-20-15-21(22-2)13-12-19(20)14-18/h8,10-16H,3-7,9H2,1-2H3. The maximum Gasteiger partial charge on any atom is 0.119 e. The van der Waals surface area contributed by atoms with Crippen molar-refractivity contribution in [3.05, 3.63) is 48.0 Å². The highest BCUT2D eigenvalue weighted by atomic mass is 16.5. The first-order valence-electron chi connectivity index (χ1n) is 8.57. The summed E-state index contributed by atoms with van der Waals surface area (Å²) in [6, 6.07) is 13.1. The van der Waals surface area contributed by atoms with Crippen LogP contribution in [0.1, 0.15) is 51.0 Å². The summed E-state index contributed by atoms with van der Waals surface area (Å²) in [5.41, 5.74) is 2.93. The summed E-state index contributed by atoms with van der Waals surface area (Å²) in [6.07, 6.45) is 10.4. The Morgan fingerprint density at radius 2 is 1.91 bits per heavy atom. The van der Waals surface area contributed by atoms with E-state index < -0.39 is 0 Å². The Kier molecular flexibility index (Phi) is 4.82. The molecule has 0 radical (unpaired) electrons. The lowest BCUT2D eigenvalue weighted by Crippen LogP contribution is -2.05. The Morgan fingerprint density at radius 3 is 2.64 bits per heavy atom. The Bertz CT molecular complexity index is 669. The molecule has 0 bridgehead atoms. The molecule has 22 heavy (non-hydrogen) atoms. The molecule has 1 unspecified atom stereocenters.